The van der Waals surface area contributed by atoms with Crippen LogP contribution >= 0.6 is 0 Å². The maximum atomic E-state index is 10.1. The molecule has 10 heavy (non-hydrogen) atoms. The van der Waals surface area contributed by atoms with Gasteiger partial charge in [-0.3, -0.25) is 4.90 Å². The van der Waals surface area contributed by atoms with Crippen LogP contribution in [0, 0.1) is 0 Å². The van der Waals surface area contributed by atoms with Crippen molar-refractivity contribution in [2.24, 2.45) is 0 Å². The molecule has 0 saturated carbocycles. The van der Waals surface area contributed by atoms with E-state index in [0.717, 1.165) is 4.90 Å². The Hall–Kier alpha value is -0.380. The summed E-state index contributed by atoms with van der Waals surface area (Å²) in [6.45, 7) is 0. The second-order valence-electron chi connectivity index (χ2n) is 1.92. The lowest BCUT2D eigenvalue weighted by atomic mass is 10.3. The third-order valence-corrected chi connectivity index (χ3v) is 1.26. The molecule has 1 aliphatic heterocycles. The van der Waals surface area contributed by atoms with Gasteiger partial charge in [-0.1, -0.05) is 6.08 Å². The van der Waals surface area contributed by atoms with Gasteiger partial charge in [0.15, 0.2) is 5.94 Å². The summed E-state index contributed by atoms with van der Waals surface area (Å²) in [5, 5.41) is 0. The molecular weight excluding hydrogens is 241 g/mol. The van der Waals surface area contributed by atoms with Crippen molar-refractivity contribution in [3.05, 3.63) is 30.1 Å². The molecular formula is C7H8INO. The average Bonchev–Trinajstić information content (AvgIpc) is 1.89. The number of halogens is 1. The molecule has 1 heterocycles. The summed E-state index contributed by atoms with van der Waals surface area (Å²) in [4.78, 5) is 11.1. The molecule has 3 heteroatoms. The Morgan fingerprint density at radius 3 is 2.60 bits per heavy atom. The average molecular weight is 249 g/mol. The Labute approximate surface area is 76.9 Å². The maximum absolute atomic E-state index is 10.1. The van der Waals surface area contributed by atoms with E-state index in [1.807, 2.05) is 31.3 Å². The predicted molar refractivity (Wildman–Crippen MR) is 34.4 cm³/mol. The maximum Gasteiger partial charge on any atom is 0.220 e. The van der Waals surface area contributed by atoms with Gasteiger partial charge >= 0.3 is 0 Å². The van der Waals surface area contributed by atoms with E-state index in [0.29, 0.717) is 5.70 Å². The van der Waals surface area contributed by atoms with Gasteiger partial charge in [-0.15, -0.1) is 0 Å². The number of likely N-dealkylation sites (N-methyl/N-ethyl adjacent to an activating group) is 1. The molecule has 1 rings (SSSR count). The van der Waals surface area contributed by atoms with Gasteiger partial charge < -0.3 is 24.0 Å². The predicted octanol–water partition coefficient (Wildman–Crippen LogP) is -3.70. The summed E-state index contributed by atoms with van der Waals surface area (Å²) >= 11 is 0. The van der Waals surface area contributed by atoms with E-state index in [9.17, 15) is 4.79 Å². The van der Waals surface area contributed by atoms with E-state index in [1.165, 1.54) is 0 Å². The van der Waals surface area contributed by atoms with E-state index in [1.54, 1.807) is 6.08 Å². The van der Waals surface area contributed by atoms with Gasteiger partial charge in [0.1, 0.15) is 0 Å². The Morgan fingerprint density at radius 1 is 1.50 bits per heavy atom. The van der Waals surface area contributed by atoms with Gasteiger partial charge in [0.2, 0.25) is 5.70 Å². The van der Waals surface area contributed by atoms with Crippen molar-refractivity contribution >= 4 is 5.94 Å². The van der Waals surface area contributed by atoms with Crippen molar-refractivity contribution in [3.8, 4) is 0 Å². The van der Waals surface area contributed by atoms with Gasteiger partial charge in [0, 0.05) is 6.08 Å². The van der Waals surface area contributed by atoms with Crippen LogP contribution in [-0.4, -0.2) is 13.0 Å². The standard InChI is InChI=1S/C7H7NO.HI/c1-8-5-3-2-4-7(8)6-9;/h2-5H,1H3;1H. The lowest BCUT2D eigenvalue weighted by molar-refractivity contribution is -0.776. The van der Waals surface area contributed by atoms with E-state index >= 15 is 0 Å². The normalized spacial score (nSPS) is 21.7. The quantitative estimate of drug-likeness (QED) is 0.346. The fourth-order valence-electron chi connectivity index (χ4n) is 0.687. The summed E-state index contributed by atoms with van der Waals surface area (Å²) < 4.78 is 0. The fraction of sp³-hybridized carbons (Fsp3) is 0.143. The third kappa shape index (κ3) is 2.10. The summed E-state index contributed by atoms with van der Waals surface area (Å²) in [5.74, 6) is 1.85. The number of carbonyl (C=O) groups excluding carboxylic acids is 1. The van der Waals surface area contributed by atoms with Crippen LogP contribution in [0.2, 0.25) is 0 Å². The van der Waals surface area contributed by atoms with Gasteiger partial charge in [0.05, 0.1) is 13.2 Å². The largest absolute Gasteiger partial charge is 1.00 e. The molecule has 0 spiro atoms. The minimum Gasteiger partial charge on any atom is -1.00 e. The van der Waals surface area contributed by atoms with Crippen LogP contribution in [0.5, 0.6) is 0 Å². The molecule has 1 atom stereocenters. The highest BCUT2D eigenvalue weighted by atomic mass is 127. The molecule has 0 amide bonds. The second kappa shape index (κ2) is 4.44. The molecule has 0 aromatic carbocycles. The second-order valence-corrected chi connectivity index (χ2v) is 1.92. The van der Waals surface area contributed by atoms with Crippen LogP contribution in [0.15, 0.2) is 30.1 Å². The minimum absolute atomic E-state index is 0. The Balaban J connectivity index is 0.000000810. The number of rotatable bonds is 0. The first-order valence-corrected chi connectivity index (χ1v) is 2.78. The van der Waals surface area contributed by atoms with Gasteiger partial charge in [0.25, 0.3) is 0 Å². The zero-order valence-electron chi connectivity index (χ0n) is 5.60. The van der Waals surface area contributed by atoms with E-state index in [-0.39, 0.29) is 24.0 Å². The molecule has 1 aliphatic rings. The van der Waals surface area contributed by atoms with Crippen LogP contribution < -0.4 is 28.9 Å². The van der Waals surface area contributed by atoms with Crippen LogP contribution in [-0.2, 0) is 4.79 Å². The number of allylic oxidation sites excluding steroid dienone is 3. The number of hydrogen-bond donors (Lipinski definition) is 1. The van der Waals surface area contributed by atoms with Crippen LogP contribution in [0.25, 0.3) is 0 Å². The van der Waals surface area contributed by atoms with Crippen molar-refractivity contribution < 1.29 is 33.7 Å². The van der Waals surface area contributed by atoms with Gasteiger partial charge in [-0.25, -0.2) is 4.79 Å². The van der Waals surface area contributed by atoms with Crippen molar-refractivity contribution in [2.45, 2.75) is 0 Å². The zero-order chi connectivity index (χ0) is 6.69. The molecule has 0 aromatic heterocycles. The molecule has 1 N–H and O–H groups in total. The summed E-state index contributed by atoms with van der Waals surface area (Å²) in [5.41, 5.74) is 0.650. The SMILES string of the molecule is C[NH+]1C=CC=CC1=C=O.[I-]. The first-order valence-electron chi connectivity index (χ1n) is 2.78. The highest BCUT2D eigenvalue weighted by Gasteiger charge is 2.05. The minimum atomic E-state index is 0. The molecule has 1 unspecified atom stereocenters. The molecule has 0 aliphatic carbocycles. The number of hydrogen-bond acceptors (Lipinski definition) is 1. The van der Waals surface area contributed by atoms with Gasteiger partial charge in [-0.05, 0) is 6.08 Å². The summed E-state index contributed by atoms with van der Waals surface area (Å²) in [6, 6.07) is 0. The Morgan fingerprint density at radius 2 is 2.20 bits per heavy atom. The molecule has 0 aromatic rings. The van der Waals surface area contributed by atoms with E-state index < -0.39 is 0 Å². The molecule has 0 bridgehead atoms. The zero-order valence-corrected chi connectivity index (χ0v) is 7.75. The molecule has 0 fully saturated rings. The summed E-state index contributed by atoms with van der Waals surface area (Å²) in [6.07, 6.45) is 7.37. The molecule has 2 nitrogen and oxygen atoms in total. The molecule has 0 radical (unpaired) electrons. The van der Waals surface area contributed by atoms with Crippen molar-refractivity contribution in [1.82, 2.24) is 0 Å². The lowest BCUT2D eigenvalue weighted by Gasteiger charge is -2.05. The number of quaternary nitrogens is 1. The highest BCUT2D eigenvalue weighted by Crippen LogP contribution is 1.85. The van der Waals surface area contributed by atoms with Crippen LogP contribution in [0.4, 0.5) is 0 Å². The lowest BCUT2D eigenvalue weighted by Crippen LogP contribution is -3.02. The van der Waals surface area contributed by atoms with Crippen LogP contribution in [0.3, 0.4) is 0 Å². The first kappa shape index (κ1) is 9.62. The molecule has 0 saturated heterocycles. The topological polar surface area (TPSA) is 21.5 Å². The van der Waals surface area contributed by atoms with Crippen molar-refractivity contribution in [3.63, 3.8) is 0 Å². The highest BCUT2D eigenvalue weighted by molar-refractivity contribution is 5.54. The first-order chi connectivity index (χ1) is 4.34. The smallest absolute Gasteiger partial charge is 0.220 e. The Bertz CT molecular complexity index is 214. The Kier molecular flexibility index (Phi) is 4.27. The molecule has 54 valence electrons. The van der Waals surface area contributed by atoms with Crippen molar-refractivity contribution in [2.75, 3.05) is 7.05 Å². The van der Waals surface area contributed by atoms with Gasteiger partial charge in [-0.2, -0.15) is 0 Å². The van der Waals surface area contributed by atoms with Crippen LogP contribution in [0.1, 0.15) is 0 Å². The summed E-state index contributed by atoms with van der Waals surface area (Å²) in [7, 11) is 1.89. The van der Waals surface area contributed by atoms with Crippen molar-refractivity contribution in [1.29, 1.82) is 0 Å². The fourth-order valence-corrected chi connectivity index (χ4v) is 0.687. The van der Waals surface area contributed by atoms with E-state index in [2.05, 4.69) is 0 Å². The van der Waals surface area contributed by atoms with E-state index in [4.69, 9.17) is 0 Å². The third-order valence-electron chi connectivity index (χ3n) is 1.26. The monoisotopic (exact) mass is 249 g/mol. The number of nitrogens with one attached hydrogen (secondary N) is 1.